The number of carbonyl (C=O) groups excluding carboxylic acids is 2. The smallest absolute Gasteiger partial charge is 0.262 e. The molecular formula is C19H17NO3. The second-order valence-electron chi connectivity index (χ2n) is 5.24. The van der Waals surface area contributed by atoms with E-state index in [1.165, 1.54) is 0 Å². The highest BCUT2D eigenvalue weighted by molar-refractivity contribution is 6.08. The highest BCUT2D eigenvalue weighted by atomic mass is 16.5. The van der Waals surface area contributed by atoms with Crippen LogP contribution in [-0.4, -0.2) is 23.4 Å². The number of aromatic nitrogens is 1. The third kappa shape index (κ3) is 2.52. The van der Waals surface area contributed by atoms with E-state index in [-0.39, 0.29) is 5.91 Å². The summed E-state index contributed by atoms with van der Waals surface area (Å²) in [6.07, 6.45) is 0.804. The zero-order valence-electron chi connectivity index (χ0n) is 13.1. The summed E-state index contributed by atoms with van der Waals surface area (Å²) in [4.78, 5) is 24.4. The van der Waals surface area contributed by atoms with Gasteiger partial charge < -0.3 is 4.74 Å². The van der Waals surface area contributed by atoms with E-state index in [4.69, 9.17) is 4.74 Å². The Balaban J connectivity index is 2.17. The van der Waals surface area contributed by atoms with Gasteiger partial charge in [0.25, 0.3) is 5.91 Å². The third-order valence-corrected chi connectivity index (χ3v) is 3.87. The molecule has 23 heavy (non-hydrogen) atoms. The SMILES string of the molecule is CCOc1cccc(C(=O)n2c(C)c(C=O)c3ccccc32)c1. The van der Waals surface area contributed by atoms with Crippen LogP contribution in [0.15, 0.2) is 48.5 Å². The molecule has 3 aromatic rings. The van der Waals surface area contributed by atoms with Gasteiger partial charge in [0.05, 0.1) is 12.1 Å². The first-order valence-corrected chi connectivity index (χ1v) is 7.50. The summed E-state index contributed by atoms with van der Waals surface area (Å²) in [5.74, 6) is 0.483. The van der Waals surface area contributed by atoms with E-state index in [1.54, 1.807) is 29.7 Å². The van der Waals surface area contributed by atoms with Crippen LogP contribution in [0.1, 0.15) is 33.3 Å². The Morgan fingerprint density at radius 1 is 1.17 bits per heavy atom. The largest absolute Gasteiger partial charge is 0.494 e. The van der Waals surface area contributed by atoms with Crippen molar-refractivity contribution in [3.05, 3.63) is 65.4 Å². The zero-order chi connectivity index (χ0) is 16.4. The van der Waals surface area contributed by atoms with Crippen molar-refractivity contribution in [3.63, 3.8) is 0 Å². The summed E-state index contributed by atoms with van der Waals surface area (Å²) in [6, 6.07) is 14.5. The maximum Gasteiger partial charge on any atom is 0.262 e. The van der Waals surface area contributed by atoms with Gasteiger partial charge in [-0.25, -0.2) is 0 Å². The first-order valence-electron chi connectivity index (χ1n) is 7.50. The number of ether oxygens (including phenoxy) is 1. The molecule has 0 spiro atoms. The van der Waals surface area contributed by atoms with Gasteiger partial charge in [-0.2, -0.15) is 0 Å². The minimum Gasteiger partial charge on any atom is -0.494 e. The lowest BCUT2D eigenvalue weighted by atomic mass is 10.1. The second-order valence-corrected chi connectivity index (χ2v) is 5.24. The van der Waals surface area contributed by atoms with Crippen LogP contribution in [0.5, 0.6) is 5.75 Å². The summed E-state index contributed by atoms with van der Waals surface area (Å²) in [6.45, 7) is 4.22. The quantitative estimate of drug-likeness (QED) is 0.688. The molecule has 0 amide bonds. The Labute approximate surface area is 134 Å². The molecule has 4 nitrogen and oxygen atoms in total. The van der Waals surface area contributed by atoms with E-state index in [0.29, 0.717) is 29.2 Å². The monoisotopic (exact) mass is 307 g/mol. The lowest BCUT2D eigenvalue weighted by molar-refractivity contribution is 0.0962. The van der Waals surface area contributed by atoms with Crippen molar-refractivity contribution in [2.24, 2.45) is 0 Å². The fourth-order valence-electron chi connectivity index (χ4n) is 2.82. The molecule has 0 radical (unpaired) electrons. The minimum atomic E-state index is -0.173. The van der Waals surface area contributed by atoms with Crippen LogP contribution in [0.25, 0.3) is 10.9 Å². The van der Waals surface area contributed by atoms with Crippen molar-refractivity contribution >= 4 is 23.1 Å². The molecule has 0 unspecified atom stereocenters. The normalized spacial score (nSPS) is 10.7. The van der Waals surface area contributed by atoms with Gasteiger partial charge >= 0.3 is 0 Å². The maximum atomic E-state index is 13.0. The number of fused-ring (bicyclic) bond motifs is 1. The van der Waals surface area contributed by atoms with Crippen molar-refractivity contribution in [1.29, 1.82) is 0 Å². The molecule has 0 aliphatic heterocycles. The van der Waals surface area contributed by atoms with Crippen molar-refractivity contribution in [2.75, 3.05) is 6.61 Å². The fraction of sp³-hybridized carbons (Fsp3) is 0.158. The Morgan fingerprint density at radius 2 is 1.96 bits per heavy atom. The number of benzene rings is 2. The topological polar surface area (TPSA) is 48.3 Å². The molecule has 0 bridgehead atoms. The van der Waals surface area contributed by atoms with Gasteiger partial charge in [0, 0.05) is 22.2 Å². The average molecular weight is 307 g/mol. The fourth-order valence-corrected chi connectivity index (χ4v) is 2.82. The molecule has 1 aromatic heterocycles. The van der Waals surface area contributed by atoms with Gasteiger partial charge in [0.15, 0.2) is 6.29 Å². The molecule has 0 aliphatic carbocycles. The molecule has 4 heteroatoms. The number of hydrogen-bond acceptors (Lipinski definition) is 3. The van der Waals surface area contributed by atoms with E-state index in [1.807, 2.05) is 37.3 Å². The van der Waals surface area contributed by atoms with E-state index in [9.17, 15) is 9.59 Å². The summed E-state index contributed by atoms with van der Waals surface area (Å²) in [5.41, 5.74) is 2.46. The van der Waals surface area contributed by atoms with Crippen LogP contribution >= 0.6 is 0 Å². The van der Waals surface area contributed by atoms with Crippen LogP contribution in [-0.2, 0) is 0 Å². The predicted octanol–water partition coefficient (Wildman–Crippen LogP) is 3.85. The van der Waals surface area contributed by atoms with Gasteiger partial charge in [0.2, 0.25) is 0 Å². The van der Waals surface area contributed by atoms with Crippen molar-refractivity contribution in [2.45, 2.75) is 13.8 Å². The molecule has 0 saturated heterocycles. The Kier molecular flexibility index (Phi) is 3.98. The predicted molar refractivity (Wildman–Crippen MR) is 89.4 cm³/mol. The average Bonchev–Trinajstić information content (AvgIpc) is 2.86. The van der Waals surface area contributed by atoms with Crippen LogP contribution < -0.4 is 4.74 Å². The molecule has 0 aliphatic rings. The van der Waals surface area contributed by atoms with Crippen LogP contribution in [0.4, 0.5) is 0 Å². The van der Waals surface area contributed by atoms with E-state index in [0.717, 1.165) is 17.2 Å². The number of rotatable bonds is 4. The summed E-state index contributed by atoms with van der Waals surface area (Å²) < 4.78 is 7.05. The molecule has 1 heterocycles. The van der Waals surface area contributed by atoms with E-state index in [2.05, 4.69) is 0 Å². The molecule has 2 aromatic carbocycles. The van der Waals surface area contributed by atoms with E-state index < -0.39 is 0 Å². The Morgan fingerprint density at radius 3 is 2.70 bits per heavy atom. The lowest BCUT2D eigenvalue weighted by Crippen LogP contribution is -2.13. The molecule has 3 rings (SSSR count). The van der Waals surface area contributed by atoms with Gasteiger partial charge in [-0.3, -0.25) is 14.2 Å². The minimum absolute atomic E-state index is 0.173. The van der Waals surface area contributed by atoms with Gasteiger partial charge in [-0.1, -0.05) is 24.3 Å². The van der Waals surface area contributed by atoms with Crippen molar-refractivity contribution in [3.8, 4) is 5.75 Å². The highest BCUT2D eigenvalue weighted by Crippen LogP contribution is 2.26. The lowest BCUT2D eigenvalue weighted by Gasteiger charge is -2.09. The third-order valence-electron chi connectivity index (χ3n) is 3.87. The molecule has 0 saturated carbocycles. The summed E-state index contributed by atoms with van der Waals surface area (Å²) in [5, 5.41) is 0.786. The molecular weight excluding hydrogens is 290 g/mol. The Bertz CT molecular complexity index is 893. The van der Waals surface area contributed by atoms with Crippen molar-refractivity contribution in [1.82, 2.24) is 4.57 Å². The maximum absolute atomic E-state index is 13.0. The molecule has 0 atom stereocenters. The summed E-state index contributed by atoms with van der Waals surface area (Å²) >= 11 is 0. The zero-order valence-corrected chi connectivity index (χ0v) is 13.1. The number of carbonyl (C=O) groups is 2. The van der Waals surface area contributed by atoms with Crippen LogP contribution in [0.3, 0.4) is 0 Å². The highest BCUT2D eigenvalue weighted by Gasteiger charge is 2.19. The van der Waals surface area contributed by atoms with Crippen LogP contribution in [0, 0.1) is 6.92 Å². The number of nitrogens with zero attached hydrogens (tertiary/aromatic N) is 1. The molecule has 0 N–H and O–H groups in total. The number of aldehydes is 1. The van der Waals surface area contributed by atoms with Crippen LogP contribution in [0.2, 0.25) is 0 Å². The van der Waals surface area contributed by atoms with Gasteiger partial charge in [-0.05, 0) is 38.1 Å². The number of para-hydroxylation sites is 1. The van der Waals surface area contributed by atoms with E-state index >= 15 is 0 Å². The van der Waals surface area contributed by atoms with Gasteiger partial charge in [-0.15, -0.1) is 0 Å². The molecule has 116 valence electrons. The second kappa shape index (κ2) is 6.08. The Hall–Kier alpha value is -2.88. The number of hydrogen-bond donors (Lipinski definition) is 0. The standard InChI is InChI=1S/C19H17NO3/c1-3-23-15-8-6-7-14(11-15)19(22)20-13(2)17(12-21)16-9-4-5-10-18(16)20/h4-12H,3H2,1-2H3. The summed E-state index contributed by atoms with van der Waals surface area (Å²) in [7, 11) is 0. The first-order chi connectivity index (χ1) is 11.2. The first kappa shape index (κ1) is 15.0. The van der Waals surface area contributed by atoms with Crippen molar-refractivity contribution < 1.29 is 14.3 Å². The van der Waals surface area contributed by atoms with Gasteiger partial charge in [0.1, 0.15) is 5.75 Å². The molecule has 0 fully saturated rings.